The number of ether oxygens (including phenoxy) is 1. The van der Waals surface area contributed by atoms with E-state index in [0.29, 0.717) is 0 Å². The van der Waals surface area contributed by atoms with Crippen molar-refractivity contribution in [2.24, 2.45) is 0 Å². The fourth-order valence-corrected chi connectivity index (χ4v) is 4.12. The van der Waals surface area contributed by atoms with Gasteiger partial charge in [-0.15, -0.1) is 11.3 Å². The molecule has 1 saturated heterocycles. The highest BCUT2D eigenvalue weighted by molar-refractivity contribution is 7.15. The quantitative estimate of drug-likeness (QED) is 0.676. The number of rotatable bonds is 3. The molecule has 0 aliphatic carbocycles. The van der Waals surface area contributed by atoms with Gasteiger partial charge in [0.25, 0.3) is 0 Å². The van der Waals surface area contributed by atoms with Gasteiger partial charge >= 0.3 is 12.1 Å². The van der Waals surface area contributed by atoms with E-state index in [1.165, 1.54) is 0 Å². The molecule has 0 unspecified atom stereocenters. The number of nitrogens with zero attached hydrogens (tertiary/aromatic N) is 1. The molecule has 10 heteroatoms. The first-order valence-electron chi connectivity index (χ1n) is 8.91. The monoisotopic (exact) mass is 450 g/mol. The minimum Gasteiger partial charge on any atom is -0.489 e. The molecule has 1 aromatic carbocycles. The summed E-state index contributed by atoms with van der Waals surface area (Å²) in [5.74, 6) is -1.80. The molecule has 0 saturated carbocycles. The average molecular weight is 451 g/mol. The van der Waals surface area contributed by atoms with E-state index in [0.717, 1.165) is 63.4 Å². The standard InChI is InChI=1S/C17H21ClN2OS.C2HF3O2/c1-10-8-13(18)9-15(17-11(2)20-12(3)22-17)16(10)21-14-4-6-19-7-5-14;3-2(4,5)1(6)7/h8-9,14,19H,4-7H2,1-3H3;(H,6,7). The fraction of sp³-hybridized carbons (Fsp3) is 0.474. The molecule has 5 nitrogen and oxygen atoms in total. The van der Waals surface area contributed by atoms with E-state index < -0.39 is 12.1 Å². The number of carbonyl (C=O) groups is 1. The van der Waals surface area contributed by atoms with E-state index in [4.69, 9.17) is 26.2 Å². The molecule has 2 N–H and O–H groups in total. The molecule has 0 atom stereocenters. The van der Waals surface area contributed by atoms with Gasteiger partial charge in [0.05, 0.1) is 15.6 Å². The number of thiazole rings is 1. The summed E-state index contributed by atoms with van der Waals surface area (Å²) in [7, 11) is 0. The fourth-order valence-electron chi connectivity index (χ4n) is 2.92. The maximum Gasteiger partial charge on any atom is 0.490 e. The molecule has 0 bridgehead atoms. The van der Waals surface area contributed by atoms with Crippen molar-refractivity contribution >= 4 is 28.9 Å². The number of halogens is 4. The topological polar surface area (TPSA) is 71.5 Å². The summed E-state index contributed by atoms with van der Waals surface area (Å²) in [6, 6.07) is 3.98. The summed E-state index contributed by atoms with van der Waals surface area (Å²) in [4.78, 5) is 14.6. The van der Waals surface area contributed by atoms with Crippen LogP contribution < -0.4 is 10.1 Å². The predicted molar refractivity (Wildman–Crippen MR) is 107 cm³/mol. The number of carboxylic acids is 1. The van der Waals surface area contributed by atoms with Crippen LogP contribution >= 0.6 is 22.9 Å². The Bertz CT molecular complexity index is 865. The number of hydrogen-bond donors (Lipinski definition) is 2. The molecule has 2 aromatic rings. The zero-order valence-corrected chi connectivity index (χ0v) is 17.8. The summed E-state index contributed by atoms with van der Waals surface area (Å²) in [5.41, 5.74) is 3.21. The van der Waals surface area contributed by atoms with E-state index in [1.807, 2.05) is 26.0 Å². The van der Waals surface area contributed by atoms with Gasteiger partial charge in [0.2, 0.25) is 0 Å². The molecule has 0 radical (unpaired) electrons. The third-order valence-corrected chi connectivity index (χ3v) is 5.53. The van der Waals surface area contributed by atoms with Crippen molar-refractivity contribution in [2.75, 3.05) is 13.1 Å². The van der Waals surface area contributed by atoms with Crippen LogP contribution in [-0.2, 0) is 4.79 Å². The number of benzene rings is 1. The van der Waals surface area contributed by atoms with Gasteiger partial charge in [-0.25, -0.2) is 9.78 Å². The number of aliphatic carboxylic acids is 1. The summed E-state index contributed by atoms with van der Waals surface area (Å²) in [6.07, 6.45) is -2.72. The van der Waals surface area contributed by atoms with Crippen LogP contribution in [-0.4, -0.2) is 41.4 Å². The van der Waals surface area contributed by atoms with Gasteiger partial charge in [-0.05, 0) is 64.4 Å². The lowest BCUT2D eigenvalue weighted by Crippen LogP contribution is -2.34. The maximum atomic E-state index is 10.6. The van der Waals surface area contributed by atoms with E-state index in [2.05, 4.69) is 17.2 Å². The van der Waals surface area contributed by atoms with Crippen molar-refractivity contribution in [1.29, 1.82) is 0 Å². The SMILES string of the molecule is Cc1nc(C)c(-c2cc(Cl)cc(C)c2OC2CCNCC2)s1.O=C(O)C(F)(F)F. The van der Waals surface area contributed by atoms with Gasteiger partial charge in [-0.2, -0.15) is 13.2 Å². The number of hydrogen-bond acceptors (Lipinski definition) is 5. The Morgan fingerprint density at radius 2 is 1.86 bits per heavy atom. The summed E-state index contributed by atoms with van der Waals surface area (Å²) >= 11 is 7.99. The Balaban J connectivity index is 0.000000370. The van der Waals surface area contributed by atoms with Crippen LogP contribution in [0.3, 0.4) is 0 Å². The molecule has 29 heavy (non-hydrogen) atoms. The molecule has 160 valence electrons. The highest BCUT2D eigenvalue weighted by Gasteiger charge is 2.38. The molecule has 0 spiro atoms. The van der Waals surface area contributed by atoms with E-state index in [-0.39, 0.29) is 6.10 Å². The van der Waals surface area contributed by atoms with Crippen LogP contribution in [0.15, 0.2) is 12.1 Å². The van der Waals surface area contributed by atoms with Crippen LogP contribution in [0.2, 0.25) is 5.02 Å². The lowest BCUT2D eigenvalue weighted by molar-refractivity contribution is -0.192. The Morgan fingerprint density at radius 1 is 1.28 bits per heavy atom. The minimum absolute atomic E-state index is 0.272. The second kappa shape index (κ2) is 9.77. The molecule has 1 aromatic heterocycles. The molecular weight excluding hydrogens is 429 g/mol. The van der Waals surface area contributed by atoms with Gasteiger partial charge in [0, 0.05) is 10.6 Å². The maximum absolute atomic E-state index is 10.6. The Kier molecular flexibility index (Phi) is 7.90. The number of alkyl halides is 3. The average Bonchev–Trinajstić information content (AvgIpc) is 2.96. The number of nitrogens with one attached hydrogen (secondary N) is 1. The second-order valence-corrected chi connectivity index (χ2v) is 8.26. The van der Waals surface area contributed by atoms with Crippen LogP contribution in [0.1, 0.15) is 29.1 Å². The Labute approximate surface area is 175 Å². The highest BCUT2D eigenvalue weighted by atomic mass is 35.5. The van der Waals surface area contributed by atoms with Crippen molar-refractivity contribution in [3.63, 3.8) is 0 Å². The van der Waals surface area contributed by atoms with Crippen LogP contribution in [0.5, 0.6) is 5.75 Å². The minimum atomic E-state index is -5.08. The van der Waals surface area contributed by atoms with Crippen LogP contribution in [0.4, 0.5) is 13.2 Å². The van der Waals surface area contributed by atoms with Crippen molar-refractivity contribution < 1.29 is 27.8 Å². The van der Waals surface area contributed by atoms with Crippen molar-refractivity contribution in [2.45, 2.75) is 45.9 Å². The zero-order valence-electron chi connectivity index (χ0n) is 16.2. The van der Waals surface area contributed by atoms with Crippen LogP contribution in [0, 0.1) is 20.8 Å². The van der Waals surface area contributed by atoms with Gasteiger partial charge in [-0.3, -0.25) is 0 Å². The van der Waals surface area contributed by atoms with Gasteiger partial charge in [-0.1, -0.05) is 11.6 Å². The van der Waals surface area contributed by atoms with Crippen molar-refractivity contribution in [3.05, 3.63) is 33.4 Å². The first-order chi connectivity index (χ1) is 13.5. The first-order valence-corrected chi connectivity index (χ1v) is 10.1. The highest BCUT2D eigenvalue weighted by Crippen LogP contribution is 2.41. The summed E-state index contributed by atoms with van der Waals surface area (Å²) in [5, 5.41) is 12.3. The van der Waals surface area contributed by atoms with Gasteiger partial charge < -0.3 is 15.2 Å². The molecular formula is C19H22ClF3N2O3S. The number of aryl methyl sites for hydroxylation is 3. The number of carboxylic acid groups (broad SMARTS) is 1. The lowest BCUT2D eigenvalue weighted by atomic mass is 10.1. The van der Waals surface area contributed by atoms with E-state index >= 15 is 0 Å². The van der Waals surface area contributed by atoms with Gasteiger partial charge in [0.15, 0.2) is 0 Å². The smallest absolute Gasteiger partial charge is 0.489 e. The van der Waals surface area contributed by atoms with Crippen molar-refractivity contribution in [3.8, 4) is 16.2 Å². The molecule has 1 fully saturated rings. The molecule has 1 aliphatic rings. The third-order valence-electron chi connectivity index (χ3n) is 4.20. The first kappa shape index (κ1) is 23.4. The predicted octanol–water partition coefficient (Wildman–Crippen LogP) is 5.15. The number of aromatic nitrogens is 1. The normalized spacial score (nSPS) is 14.9. The van der Waals surface area contributed by atoms with Crippen LogP contribution in [0.25, 0.3) is 10.4 Å². The summed E-state index contributed by atoms with van der Waals surface area (Å²) < 4.78 is 38.1. The van der Waals surface area contributed by atoms with E-state index in [1.54, 1.807) is 11.3 Å². The van der Waals surface area contributed by atoms with E-state index in [9.17, 15) is 13.2 Å². The molecule has 1 aliphatic heterocycles. The molecule has 2 heterocycles. The second-order valence-electron chi connectivity index (χ2n) is 6.62. The molecule has 0 amide bonds. The largest absolute Gasteiger partial charge is 0.490 e. The number of piperidine rings is 1. The lowest BCUT2D eigenvalue weighted by Gasteiger charge is -2.26. The van der Waals surface area contributed by atoms with Crippen molar-refractivity contribution in [1.82, 2.24) is 10.3 Å². The van der Waals surface area contributed by atoms with Gasteiger partial charge in [0.1, 0.15) is 11.9 Å². The zero-order chi connectivity index (χ0) is 21.8. The third kappa shape index (κ3) is 6.58. The Hall–Kier alpha value is -1.84. The molecule has 3 rings (SSSR count). The summed E-state index contributed by atoms with van der Waals surface area (Å²) in [6.45, 7) is 8.18. The Morgan fingerprint density at radius 3 is 2.34 bits per heavy atom.